The summed E-state index contributed by atoms with van der Waals surface area (Å²) in [5.74, 6) is 0.657. The standard InChI is InChI=1S/C9H10BrN5/c1-14(2)6-12-9-7-3-4-8(10)15(7)13-5-11-9/h3-6H,1-2H3. The van der Waals surface area contributed by atoms with Crippen LogP contribution in [0.5, 0.6) is 0 Å². The van der Waals surface area contributed by atoms with Crippen LogP contribution in [0.4, 0.5) is 5.82 Å². The SMILES string of the molecule is CN(C)C=Nc1ncnn2c(Br)ccc12. The predicted octanol–water partition coefficient (Wildman–Crippen LogP) is 1.71. The van der Waals surface area contributed by atoms with Crippen molar-refractivity contribution in [3.8, 4) is 0 Å². The third-order valence-corrected chi connectivity index (χ3v) is 2.40. The number of rotatable bonds is 2. The molecule has 0 unspecified atom stereocenters. The minimum Gasteiger partial charge on any atom is -0.369 e. The lowest BCUT2D eigenvalue weighted by Crippen LogP contribution is -2.07. The van der Waals surface area contributed by atoms with Crippen molar-refractivity contribution in [1.29, 1.82) is 0 Å². The summed E-state index contributed by atoms with van der Waals surface area (Å²) in [4.78, 5) is 10.2. The maximum Gasteiger partial charge on any atom is 0.181 e. The van der Waals surface area contributed by atoms with E-state index in [1.54, 1.807) is 10.9 Å². The minimum absolute atomic E-state index is 0.657. The third-order valence-electron chi connectivity index (χ3n) is 1.80. The average Bonchev–Trinajstić information content (AvgIpc) is 2.58. The number of aromatic nitrogens is 3. The van der Waals surface area contributed by atoms with Gasteiger partial charge in [-0.2, -0.15) is 5.10 Å². The molecule has 0 N–H and O–H groups in total. The van der Waals surface area contributed by atoms with E-state index in [2.05, 4.69) is 31.0 Å². The summed E-state index contributed by atoms with van der Waals surface area (Å²) in [6.07, 6.45) is 3.20. The van der Waals surface area contributed by atoms with Crippen molar-refractivity contribution in [3.05, 3.63) is 23.1 Å². The van der Waals surface area contributed by atoms with Crippen molar-refractivity contribution < 1.29 is 0 Å². The highest BCUT2D eigenvalue weighted by Gasteiger charge is 2.04. The van der Waals surface area contributed by atoms with Crippen molar-refractivity contribution >= 4 is 33.6 Å². The van der Waals surface area contributed by atoms with Gasteiger partial charge in [-0.15, -0.1) is 0 Å². The van der Waals surface area contributed by atoms with Crippen molar-refractivity contribution in [2.24, 2.45) is 4.99 Å². The molecular formula is C9H10BrN5. The lowest BCUT2D eigenvalue weighted by Gasteiger charge is -2.02. The molecule has 0 amide bonds. The van der Waals surface area contributed by atoms with E-state index < -0.39 is 0 Å². The summed E-state index contributed by atoms with van der Waals surface area (Å²) < 4.78 is 2.64. The first kappa shape index (κ1) is 10.1. The monoisotopic (exact) mass is 267 g/mol. The Labute approximate surface area is 95.6 Å². The molecule has 0 bridgehead atoms. The summed E-state index contributed by atoms with van der Waals surface area (Å²) in [6, 6.07) is 3.84. The highest BCUT2D eigenvalue weighted by Crippen LogP contribution is 2.21. The van der Waals surface area contributed by atoms with Crippen molar-refractivity contribution in [2.75, 3.05) is 14.1 Å². The van der Waals surface area contributed by atoms with E-state index in [1.807, 2.05) is 31.1 Å². The van der Waals surface area contributed by atoms with Crippen LogP contribution < -0.4 is 0 Å². The molecule has 0 aliphatic heterocycles. The van der Waals surface area contributed by atoms with Gasteiger partial charge in [0.2, 0.25) is 0 Å². The van der Waals surface area contributed by atoms with Gasteiger partial charge in [0, 0.05) is 14.1 Å². The Balaban J connectivity index is 2.52. The van der Waals surface area contributed by atoms with Crippen molar-refractivity contribution in [2.45, 2.75) is 0 Å². The summed E-state index contributed by atoms with van der Waals surface area (Å²) in [5, 5.41) is 4.10. The molecule has 0 aliphatic rings. The van der Waals surface area contributed by atoms with Crippen LogP contribution >= 0.6 is 15.9 Å². The zero-order chi connectivity index (χ0) is 10.8. The number of halogens is 1. The zero-order valence-electron chi connectivity index (χ0n) is 8.42. The normalized spacial score (nSPS) is 11.4. The van der Waals surface area contributed by atoms with Gasteiger partial charge in [0.25, 0.3) is 0 Å². The predicted molar refractivity (Wildman–Crippen MR) is 62.5 cm³/mol. The molecule has 78 valence electrons. The second kappa shape index (κ2) is 3.98. The second-order valence-electron chi connectivity index (χ2n) is 3.24. The van der Waals surface area contributed by atoms with Crippen LogP contribution in [-0.4, -0.2) is 39.9 Å². The molecule has 0 saturated heterocycles. The van der Waals surface area contributed by atoms with Gasteiger partial charge in [0.1, 0.15) is 16.4 Å². The van der Waals surface area contributed by atoms with Gasteiger partial charge in [0.05, 0.1) is 6.34 Å². The van der Waals surface area contributed by atoms with Crippen LogP contribution in [0.15, 0.2) is 28.1 Å². The number of fused-ring (bicyclic) bond motifs is 1. The van der Waals surface area contributed by atoms with Gasteiger partial charge in [-0.05, 0) is 28.1 Å². The Kier molecular flexibility index (Phi) is 2.68. The van der Waals surface area contributed by atoms with E-state index in [0.29, 0.717) is 5.82 Å². The highest BCUT2D eigenvalue weighted by molar-refractivity contribution is 9.10. The second-order valence-corrected chi connectivity index (χ2v) is 4.06. The first-order valence-corrected chi connectivity index (χ1v) is 5.16. The van der Waals surface area contributed by atoms with E-state index in [0.717, 1.165) is 10.1 Å². The van der Waals surface area contributed by atoms with E-state index in [9.17, 15) is 0 Å². The number of aliphatic imine (C=N–C) groups is 1. The van der Waals surface area contributed by atoms with Gasteiger partial charge < -0.3 is 4.90 Å². The Morgan fingerprint density at radius 1 is 1.47 bits per heavy atom. The molecule has 0 fully saturated rings. The fourth-order valence-electron chi connectivity index (χ4n) is 1.16. The summed E-state index contributed by atoms with van der Waals surface area (Å²) in [7, 11) is 3.83. The van der Waals surface area contributed by atoms with Gasteiger partial charge in [-0.3, -0.25) is 0 Å². The highest BCUT2D eigenvalue weighted by atomic mass is 79.9. The minimum atomic E-state index is 0.657. The molecule has 2 rings (SSSR count). The van der Waals surface area contributed by atoms with Crippen molar-refractivity contribution in [3.63, 3.8) is 0 Å². The zero-order valence-corrected chi connectivity index (χ0v) is 10.0. The molecule has 0 radical (unpaired) electrons. The average molecular weight is 268 g/mol. The molecule has 2 heterocycles. The molecule has 5 nitrogen and oxygen atoms in total. The lowest BCUT2D eigenvalue weighted by atomic mass is 10.5. The number of hydrogen-bond donors (Lipinski definition) is 0. The molecule has 2 aromatic heterocycles. The maximum atomic E-state index is 4.26. The molecule has 2 aromatic rings. The van der Waals surface area contributed by atoms with Crippen LogP contribution in [0.3, 0.4) is 0 Å². The van der Waals surface area contributed by atoms with Gasteiger partial charge in [-0.25, -0.2) is 14.5 Å². The Hall–Kier alpha value is -1.43. The Morgan fingerprint density at radius 2 is 2.27 bits per heavy atom. The van der Waals surface area contributed by atoms with Crippen LogP contribution in [0.2, 0.25) is 0 Å². The molecule has 0 aliphatic carbocycles. The number of nitrogens with zero attached hydrogens (tertiary/aromatic N) is 5. The maximum absolute atomic E-state index is 4.26. The summed E-state index contributed by atoms with van der Waals surface area (Å²) in [6.45, 7) is 0. The molecule has 0 atom stereocenters. The Bertz CT molecular complexity index is 502. The number of hydrogen-bond acceptors (Lipinski definition) is 3. The van der Waals surface area contributed by atoms with E-state index in [-0.39, 0.29) is 0 Å². The smallest absolute Gasteiger partial charge is 0.181 e. The first-order valence-electron chi connectivity index (χ1n) is 4.37. The fraction of sp³-hybridized carbons (Fsp3) is 0.222. The molecule has 0 spiro atoms. The largest absolute Gasteiger partial charge is 0.369 e. The van der Waals surface area contributed by atoms with Crippen LogP contribution in [0, 0.1) is 0 Å². The molecule has 0 aromatic carbocycles. The molecular weight excluding hydrogens is 258 g/mol. The lowest BCUT2D eigenvalue weighted by molar-refractivity contribution is 0.643. The molecule has 0 saturated carbocycles. The van der Waals surface area contributed by atoms with Crippen LogP contribution in [0.1, 0.15) is 0 Å². The van der Waals surface area contributed by atoms with E-state index in [4.69, 9.17) is 0 Å². The van der Waals surface area contributed by atoms with E-state index >= 15 is 0 Å². The van der Waals surface area contributed by atoms with Gasteiger partial charge in [-0.1, -0.05) is 0 Å². The van der Waals surface area contributed by atoms with Gasteiger partial charge in [0.15, 0.2) is 5.82 Å². The van der Waals surface area contributed by atoms with Crippen LogP contribution in [0.25, 0.3) is 5.52 Å². The molecule has 6 heteroatoms. The van der Waals surface area contributed by atoms with Gasteiger partial charge >= 0.3 is 0 Å². The first-order chi connectivity index (χ1) is 7.18. The topological polar surface area (TPSA) is 45.8 Å². The third kappa shape index (κ3) is 1.99. The Morgan fingerprint density at radius 3 is 3.00 bits per heavy atom. The van der Waals surface area contributed by atoms with E-state index in [1.165, 1.54) is 6.33 Å². The van der Waals surface area contributed by atoms with Crippen molar-refractivity contribution in [1.82, 2.24) is 19.5 Å². The summed E-state index contributed by atoms with van der Waals surface area (Å²) in [5.41, 5.74) is 0.877. The fourth-order valence-corrected chi connectivity index (χ4v) is 1.57. The summed E-state index contributed by atoms with van der Waals surface area (Å²) >= 11 is 3.39. The quantitative estimate of drug-likeness (QED) is 0.615. The van der Waals surface area contributed by atoms with Crippen LogP contribution in [-0.2, 0) is 0 Å². The molecule has 15 heavy (non-hydrogen) atoms.